The maximum Gasteiger partial charge on any atom is 0.240 e. The summed E-state index contributed by atoms with van der Waals surface area (Å²) in [7, 11) is -1.98. The highest BCUT2D eigenvalue weighted by Gasteiger charge is 2.27. The summed E-state index contributed by atoms with van der Waals surface area (Å²) in [4.78, 5) is 0.281. The number of aryl methyl sites for hydroxylation is 1. The van der Waals surface area contributed by atoms with Gasteiger partial charge in [0.2, 0.25) is 10.0 Å². The average Bonchev–Trinajstić information content (AvgIpc) is 2.61. The molecule has 2 aromatic carbocycles. The van der Waals surface area contributed by atoms with Gasteiger partial charge in [-0.3, -0.25) is 0 Å². The molecule has 0 spiro atoms. The lowest BCUT2D eigenvalue weighted by molar-refractivity contribution is 0.240. The first-order valence-corrected chi connectivity index (χ1v) is 9.91. The van der Waals surface area contributed by atoms with E-state index in [0.29, 0.717) is 17.9 Å². The van der Waals surface area contributed by atoms with Gasteiger partial charge in [-0.1, -0.05) is 37.6 Å². The van der Waals surface area contributed by atoms with Crippen LogP contribution < -0.4 is 14.2 Å². The fraction of sp³-hybridized carbons (Fsp3) is 0.368. The van der Waals surface area contributed by atoms with E-state index in [-0.39, 0.29) is 17.5 Å². The maximum atomic E-state index is 12.6. The zero-order valence-corrected chi connectivity index (χ0v) is 15.3. The molecular weight excluding hydrogens is 338 g/mol. The molecular formula is C19H23NO4S. The lowest BCUT2D eigenvalue weighted by Gasteiger charge is -2.27. The van der Waals surface area contributed by atoms with Crippen molar-refractivity contribution in [2.75, 3.05) is 13.7 Å². The van der Waals surface area contributed by atoms with Crippen molar-refractivity contribution in [1.82, 2.24) is 4.72 Å². The Bertz CT molecular complexity index is 831. The summed E-state index contributed by atoms with van der Waals surface area (Å²) in [6.45, 7) is 2.38. The molecule has 2 aromatic rings. The molecule has 0 bridgehead atoms. The molecule has 1 N–H and O–H groups in total. The largest absolute Gasteiger partial charge is 0.493 e. The normalized spacial score (nSPS) is 16.8. The standard InChI is InChI=1S/C19H23NO4S/c1-3-5-14-8-10-17(11-9-14)25(21,22)20-16-12-15-6-4-7-18(23-2)19(15)24-13-16/h4,6-11,16,20H,3,5,12-13H2,1-2H3. The number of fused-ring (bicyclic) bond motifs is 1. The lowest BCUT2D eigenvalue weighted by Crippen LogP contribution is -2.42. The van der Waals surface area contributed by atoms with Gasteiger partial charge in [-0.25, -0.2) is 13.1 Å². The summed E-state index contributed by atoms with van der Waals surface area (Å²) in [6.07, 6.45) is 2.55. The molecule has 0 saturated carbocycles. The van der Waals surface area contributed by atoms with Gasteiger partial charge in [0.15, 0.2) is 11.5 Å². The van der Waals surface area contributed by atoms with E-state index < -0.39 is 10.0 Å². The summed E-state index contributed by atoms with van der Waals surface area (Å²) < 4.78 is 39.0. The Morgan fingerprint density at radius 3 is 2.64 bits per heavy atom. The van der Waals surface area contributed by atoms with E-state index in [2.05, 4.69) is 11.6 Å². The number of nitrogens with one attached hydrogen (secondary N) is 1. The van der Waals surface area contributed by atoms with Crippen LogP contribution in [0.2, 0.25) is 0 Å². The molecule has 3 rings (SSSR count). The predicted molar refractivity (Wildman–Crippen MR) is 96.7 cm³/mol. The smallest absolute Gasteiger partial charge is 0.240 e. The van der Waals surface area contributed by atoms with Gasteiger partial charge in [-0.15, -0.1) is 0 Å². The third-order valence-electron chi connectivity index (χ3n) is 4.27. The summed E-state index contributed by atoms with van der Waals surface area (Å²) in [6, 6.07) is 12.4. The zero-order chi connectivity index (χ0) is 17.9. The average molecular weight is 361 g/mol. The van der Waals surface area contributed by atoms with Crippen LogP contribution in [0.1, 0.15) is 24.5 Å². The van der Waals surface area contributed by atoms with E-state index in [1.165, 1.54) is 0 Å². The van der Waals surface area contributed by atoms with E-state index in [1.807, 2.05) is 30.3 Å². The monoisotopic (exact) mass is 361 g/mol. The summed E-state index contributed by atoms with van der Waals surface area (Å²) in [5.41, 5.74) is 2.08. The van der Waals surface area contributed by atoms with Gasteiger partial charge < -0.3 is 9.47 Å². The Morgan fingerprint density at radius 1 is 1.20 bits per heavy atom. The molecule has 6 heteroatoms. The summed E-state index contributed by atoms with van der Waals surface area (Å²) in [5.74, 6) is 1.37. The third kappa shape index (κ3) is 3.96. The molecule has 1 aliphatic rings. The van der Waals surface area contributed by atoms with Gasteiger partial charge in [0, 0.05) is 0 Å². The molecule has 0 amide bonds. The second-order valence-electron chi connectivity index (χ2n) is 6.18. The number of hydrogen-bond donors (Lipinski definition) is 1. The maximum absolute atomic E-state index is 12.6. The molecule has 1 unspecified atom stereocenters. The summed E-state index contributed by atoms with van der Waals surface area (Å²) >= 11 is 0. The van der Waals surface area contributed by atoms with E-state index in [4.69, 9.17) is 9.47 Å². The van der Waals surface area contributed by atoms with E-state index in [0.717, 1.165) is 24.0 Å². The van der Waals surface area contributed by atoms with E-state index in [9.17, 15) is 8.42 Å². The van der Waals surface area contributed by atoms with Crippen LogP contribution in [0.15, 0.2) is 47.4 Å². The first-order valence-electron chi connectivity index (χ1n) is 8.43. The van der Waals surface area contributed by atoms with Crippen LogP contribution in [0.3, 0.4) is 0 Å². The molecule has 0 aromatic heterocycles. The zero-order valence-electron chi connectivity index (χ0n) is 14.5. The minimum absolute atomic E-state index is 0.278. The third-order valence-corrected chi connectivity index (χ3v) is 5.81. The number of benzene rings is 2. The molecule has 5 nitrogen and oxygen atoms in total. The molecule has 0 saturated heterocycles. The van der Waals surface area contributed by atoms with E-state index >= 15 is 0 Å². The molecule has 0 fully saturated rings. The Balaban J connectivity index is 1.73. The van der Waals surface area contributed by atoms with Crippen LogP contribution in [0, 0.1) is 0 Å². The Labute approximate surface area is 149 Å². The quantitative estimate of drug-likeness (QED) is 0.859. The van der Waals surface area contributed by atoms with Crippen LogP contribution >= 0.6 is 0 Å². The molecule has 1 atom stereocenters. The Kier molecular flexibility index (Phi) is 5.30. The SMILES string of the molecule is CCCc1ccc(S(=O)(=O)NC2COc3c(cccc3OC)C2)cc1. The van der Waals surface area contributed by atoms with Gasteiger partial charge in [0.05, 0.1) is 18.0 Å². The second kappa shape index (κ2) is 7.45. The number of para-hydroxylation sites is 1. The molecule has 0 radical (unpaired) electrons. The van der Waals surface area contributed by atoms with Gasteiger partial charge in [0.25, 0.3) is 0 Å². The summed E-state index contributed by atoms with van der Waals surface area (Å²) in [5, 5.41) is 0. The number of hydrogen-bond acceptors (Lipinski definition) is 4. The first-order chi connectivity index (χ1) is 12.0. The van der Waals surface area contributed by atoms with Gasteiger partial charge in [0.1, 0.15) is 6.61 Å². The fourth-order valence-corrected chi connectivity index (χ4v) is 4.26. The number of ether oxygens (including phenoxy) is 2. The fourth-order valence-electron chi connectivity index (χ4n) is 3.04. The van der Waals surface area contributed by atoms with Crippen molar-refractivity contribution < 1.29 is 17.9 Å². The van der Waals surface area contributed by atoms with Crippen molar-refractivity contribution >= 4 is 10.0 Å². The van der Waals surface area contributed by atoms with Crippen LogP contribution in [-0.4, -0.2) is 28.2 Å². The van der Waals surface area contributed by atoms with Gasteiger partial charge in [-0.05, 0) is 42.2 Å². The topological polar surface area (TPSA) is 64.6 Å². The van der Waals surface area contributed by atoms with Crippen molar-refractivity contribution in [3.8, 4) is 11.5 Å². The number of rotatable bonds is 6. The lowest BCUT2D eigenvalue weighted by atomic mass is 10.0. The number of sulfonamides is 1. The van der Waals surface area contributed by atoms with Gasteiger partial charge in [-0.2, -0.15) is 0 Å². The molecule has 1 heterocycles. The molecule has 1 aliphatic heterocycles. The number of methoxy groups -OCH3 is 1. The van der Waals surface area contributed by atoms with E-state index in [1.54, 1.807) is 19.2 Å². The minimum atomic E-state index is -3.57. The van der Waals surface area contributed by atoms with Crippen molar-refractivity contribution in [3.63, 3.8) is 0 Å². The van der Waals surface area contributed by atoms with Crippen LogP contribution in [-0.2, 0) is 22.9 Å². The van der Waals surface area contributed by atoms with Crippen LogP contribution in [0.4, 0.5) is 0 Å². The van der Waals surface area contributed by atoms with Crippen LogP contribution in [0.5, 0.6) is 11.5 Å². The highest BCUT2D eigenvalue weighted by molar-refractivity contribution is 7.89. The van der Waals surface area contributed by atoms with Gasteiger partial charge >= 0.3 is 0 Å². The minimum Gasteiger partial charge on any atom is -0.493 e. The predicted octanol–water partition coefficient (Wildman–Crippen LogP) is 2.93. The highest BCUT2D eigenvalue weighted by Crippen LogP contribution is 2.34. The second-order valence-corrected chi connectivity index (χ2v) is 7.89. The molecule has 25 heavy (non-hydrogen) atoms. The van der Waals surface area contributed by atoms with Crippen molar-refractivity contribution in [2.24, 2.45) is 0 Å². The highest BCUT2D eigenvalue weighted by atomic mass is 32.2. The Hall–Kier alpha value is -2.05. The van der Waals surface area contributed by atoms with Crippen molar-refractivity contribution in [1.29, 1.82) is 0 Å². The first kappa shape index (κ1) is 17.8. The molecule has 134 valence electrons. The Morgan fingerprint density at radius 2 is 1.96 bits per heavy atom. The molecule has 0 aliphatic carbocycles. The van der Waals surface area contributed by atoms with Crippen molar-refractivity contribution in [3.05, 3.63) is 53.6 Å². The van der Waals surface area contributed by atoms with Crippen molar-refractivity contribution in [2.45, 2.75) is 37.1 Å². The van der Waals surface area contributed by atoms with Crippen LogP contribution in [0.25, 0.3) is 0 Å².